The van der Waals surface area contributed by atoms with E-state index in [0.29, 0.717) is 48.7 Å². The lowest BCUT2D eigenvalue weighted by atomic mass is 10.0. The molecule has 0 saturated carbocycles. The molecule has 9 nitrogen and oxygen atoms in total. The lowest BCUT2D eigenvalue weighted by Gasteiger charge is -2.29. The molecule has 2 amide bonds. The molecule has 2 aromatic rings. The van der Waals surface area contributed by atoms with Crippen LogP contribution in [-0.2, 0) is 32.5 Å². The standard InChI is InChI=1S/C22H27N3O6S/c1-30-19-9-6-15(13-20(19)31-2)10-11-23-21(26)22(27)24-17-7-8-18-16(14-17)5-4-12-25(18)32(3,28)29/h6-9,13-14H,4-5,10-12H2,1-3H3,(H,23,26)(H,24,27). The van der Waals surface area contributed by atoms with Crippen LogP contribution in [0, 0.1) is 0 Å². The van der Waals surface area contributed by atoms with E-state index in [2.05, 4.69) is 10.6 Å². The predicted octanol–water partition coefficient (Wildman–Crippen LogP) is 1.71. The Balaban J connectivity index is 1.56. The number of rotatable bonds is 7. The quantitative estimate of drug-likeness (QED) is 0.607. The number of methoxy groups -OCH3 is 2. The Labute approximate surface area is 187 Å². The summed E-state index contributed by atoms with van der Waals surface area (Å²) < 4.78 is 35.7. The first kappa shape index (κ1) is 23.4. The molecule has 0 aliphatic carbocycles. The highest BCUT2D eigenvalue weighted by Gasteiger charge is 2.24. The van der Waals surface area contributed by atoms with Gasteiger partial charge >= 0.3 is 11.8 Å². The zero-order valence-corrected chi connectivity index (χ0v) is 19.1. The van der Waals surface area contributed by atoms with Crippen molar-refractivity contribution < 1.29 is 27.5 Å². The molecule has 2 aromatic carbocycles. The molecule has 1 heterocycles. The molecule has 3 rings (SSSR count). The number of hydrogen-bond donors (Lipinski definition) is 2. The number of hydrogen-bond acceptors (Lipinski definition) is 6. The van der Waals surface area contributed by atoms with E-state index in [1.807, 2.05) is 12.1 Å². The van der Waals surface area contributed by atoms with E-state index in [0.717, 1.165) is 11.1 Å². The number of nitrogens with zero attached hydrogens (tertiary/aromatic N) is 1. The summed E-state index contributed by atoms with van der Waals surface area (Å²) in [6.45, 7) is 0.704. The van der Waals surface area contributed by atoms with Crippen molar-refractivity contribution in [2.75, 3.05) is 43.2 Å². The van der Waals surface area contributed by atoms with Crippen LogP contribution in [-0.4, -0.2) is 53.8 Å². The van der Waals surface area contributed by atoms with Gasteiger partial charge < -0.3 is 20.1 Å². The molecule has 0 bridgehead atoms. The average Bonchev–Trinajstić information content (AvgIpc) is 2.77. The highest BCUT2D eigenvalue weighted by molar-refractivity contribution is 7.92. The summed E-state index contributed by atoms with van der Waals surface area (Å²) in [7, 11) is -0.258. The summed E-state index contributed by atoms with van der Waals surface area (Å²) in [4.78, 5) is 24.4. The molecule has 172 valence electrons. The zero-order valence-electron chi connectivity index (χ0n) is 18.3. The van der Waals surface area contributed by atoms with Gasteiger partial charge in [0.25, 0.3) is 0 Å². The highest BCUT2D eigenvalue weighted by atomic mass is 32.2. The average molecular weight is 462 g/mol. The van der Waals surface area contributed by atoms with Gasteiger partial charge in [-0.2, -0.15) is 0 Å². The molecule has 0 aromatic heterocycles. The summed E-state index contributed by atoms with van der Waals surface area (Å²) in [5.74, 6) is -0.325. The SMILES string of the molecule is COc1ccc(CCNC(=O)C(=O)Nc2ccc3c(c2)CCCN3S(C)(=O)=O)cc1OC. The van der Waals surface area contributed by atoms with Gasteiger partial charge in [-0.15, -0.1) is 0 Å². The van der Waals surface area contributed by atoms with E-state index in [1.54, 1.807) is 38.5 Å². The molecule has 0 radical (unpaired) electrons. The summed E-state index contributed by atoms with van der Waals surface area (Å²) in [6.07, 6.45) is 3.07. The minimum Gasteiger partial charge on any atom is -0.493 e. The second kappa shape index (κ2) is 9.90. The van der Waals surface area contributed by atoms with Crippen molar-refractivity contribution in [1.82, 2.24) is 5.32 Å². The molecule has 1 aliphatic heterocycles. The Bertz CT molecular complexity index is 1120. The normalized spacial score (nSPS) is 13.2. The second-order valence-electron chi connectivity index (χ2n) is 7.43. The molecule has 10 heteroatoms. The summed E-state index contributed by atoms with van der Waals surface area (Å²) in [5, 5.41) is 5.17. The van der Waals surface area contributed by atoms with Crippen molar-refractivity contribution in [3.05, 3.63) is 47.5 Å². The van der Waals surface area contributed by atoms with Crippen molar-refractivity contribution in [2.45, 2.75) is 19.3 Å². The van der Waals surface area contributed by atoms with Crippen LogP contribution in [0.25, 0.3) is 0 Å². The smallest absolute Gasteiger partial charge is 0.313 e. The van der Waals surface area contributed by atoms with Crippen molar-refractivity contribution in [3.8, 4) is 11.5 Å². The van der Waals surface area contributed by atoms with Gasteiger partial charge in [0.05, 0.1) is 26.2 Å². The molecule has 1 aliphatic rings. The summed E-state index contributed by atoms with van der Waals surface area (Å²) >= 11 is 0. The number of fused-ring (bicyclic) bond motifs is 1. The van der Waals surface area contributed by atoms with Crippen molar-refractivity contribution in [3.63, 3.8) is 0 Å². The molecular formula is C22H27N3O6S. The van der Waals surface area contributed by atoms with Gasteiger partial charge in [0.2, 0.25) is 10.0 Å². The lowest BCUT2D eigenvalue weighted by Crippen LogP contribution is -2.36. The Morgan fingerprint density at radius 2 is 1.78 bits per heavy atom. The van der Waals surface area contributed by atoms with Crippen LogP contribution in [0.15, 0.2) is 36.4 Å². The number of amides is 2. The maximum atomic E-state index is 12.3. The van der Waals surface area contributed by atoms with E-state index in [9.17, 15) is 18.0 Å². The molecule has 0 unspecified atom stereocenters. The molecule has 0 atom stereocenters. The molecule has 0 saturated heterocycles. The fourth-order valence-corrected chi connectivity index (χ4v) is 4.61. The van der Waals surface area contributed by atoms with Crippen LogP contribution < -0.4 is 24.4 Å². The highest BCUT2D eigenvalue weighted by Crippen LogP contribution is 2.31. The Morgan fingerprint density at radius 1 is 1.03 bits per heavy atom. The molecule has 32 heavy (non-hydrogen) atoms. The minimum atomic E-state index is -3.36. The van der Waals surface area contributed by atoms with Gasteiger partial charge in [0.15, 0.2) is 11.5 Å². The first-order chi connectivity index (χ1) is 15.2. The van der Waals surface area contributed by atoms with Crippen LogP contribution in [0.5, 0.6) is 11.5 Å². The monoisotopic (exact) mass is 461 g/mol. The fourth-order valence-electron chi connectivity index (χ4n) is 3.61. The summed E-state index contributed by atoms with van der Waals surface area (Å²) in [5.41, 5.74) is 2.79. The van der Waals surface area contributed by atoms with Crippen LogP contribution in [0.3, 0.4) is 0 Å². The molecule has 2 N–H and O–H groups in total. The first-order valence-electron chi connectivity index (χ1n) is 10.1. The number of carbonyl (C=O) groups excluding carboxylic acids is 2. The number of sulfonamides is 1. The maximum absolute atomic E-state index is 12.3. The lowest BCUT2D eigenvalue weighted by molar-refractivity contribution is -0.136. The van der Waals surface area contributed by atoms with E-state index >= 15 is 0 Å². The van der Waals surface area contributed by atoms with Gasteiger partial charge in [-0.25, -0.2) is 8.42 Å². The fraction of sp³-hybridized carbons (Fsp3) is 0.364. The number of benzene rings is 2. The number of anilines is 2. The van der Waals surface area contributed by atoms with Crippen molar-refractivity contribution in [1.29, 1.82) is 0 Å². The van der Waals surface area contributed by atoms with E-state index < -0.39 is 21.8 Å². The number of nitrogens with one attached hydrogen (secondary N) is 2. The van der Waals surface area contributed by atoms with Crippen LogP contribution in [0.2, 0.25) is 0 Å². The Kier molecular flexibility index (Phi) is 7.24. The zero-order chi connectivity index (χ0) is 23.3. The topological polar surface area (TPSA) is 114 Å². The van der Waals surface area contributed by atoms with Gasteiger partial charge in [-0.05, 0) is 60.7 Å². The number of carbonyl (C=O) groups is 2. The maximum Gasteiger partial charge on any atom is 0.313 e. The van der Waals surface area contributed by atoms with E-state index in [-0.39, 0.29) is 6.54 Å². The van der Waals surface area contributed by atoms with Gasteiger partial charge in [0.1, 0.15) is 0 Å². The third-order valence-electron chi connectivity index (χ3n) is 5.17. The third-order valence-corrected chi connectivity index (χ3v) is 6.35. The molecule has 0 fully saturated rings. The third kappa shape index (κ3) is 5.50. The van der Waals surface area contributed by atoms with Crippen LogP contribution in [0.4, 0.5) is 11.4 Å². The van der Waals surface area contributed by atoms with Crippen LogP contribution >= 0.6 is 0 Å². The Hall–Kier alpha value is -3.27. The summed E-state index contributed by atoms with van der Waals surface area (Å²) in [6, 6.07) is 10.4. The first-order valence-corrected chi connectivity index (χ1v) is 12.0. The van der Waals surface area contributed by atoms with Gasteiger partial charge in [0, 0.05) is 18.8 Å². The van der Waals surface area contributed by atoms with Crippen molar-refractivity contribution in [2.24, 2.45) is 0 Å². The van der Waals surface area contributed by atoms with E-state index in [1.165, 1.54) is 10.6 Å². The van der Waals surface area contributed by atoms with Crippen molar-refractivity contribution >= 4 is 33.2 Å². The predicted molar refractivity (Wildman–Crippen MR) is 122 cm³/mol. The minimum absolute atomic E-state index is 0.273. The Morgan fingerprint density at radius 3 is 2.47 bits per heavy atom. The van der Waals surface area contributed by atoms with Gasteiger partial charge in [-0.1, -0.05) is 6.07 Å². The van der Waals surface area contributed by atoms with Crippen LogP contribution in [0.1, 0.15) is 17.5 Å². The van der Waals surface area contributed by atoms with Gasteiger partial charge in [-0.3, -0.25) is 13.9 Å². The van der Waals surface area contributed by atoms with E-state index in [4.69, 9.17) is 9.47 Å². The molecular weight excluding hydrogens is 434 g/mol. The largest absolute Gasteiger partial charge is 0.493 e. The molecule has 0 spiro atoms. The number of aryl methyl sites for hydroxylation is 1. The number of ether oxygens (including phenoxy) is 2. The second-order valence-corrected chi connectivity index (χ2v) is 9.34.